The number of anilines is 1. The Kier molecular flexibility index (Phi) is 5.44. The Bertz CT molecular complexity index is 998. The summed E-state index contributed by atoms with van der Waals surface area (Å²) in [4.78, 5) is 17.0. The van der Waals surface area contributed by atoms with Crippen LogP contribution in [0, 0.1) is 0 Å². The van der Waals surface area contributed by atoms with Crippen LogP contribution in [0.1, 0.15) is 5.69 Å². The maximum atomic E-state index is 12.5. The molecule has 0 radical (unpaired) electrons. The van der Waals surface area contributed by atoms with Crippen molar-refractivity contribution in [3.8, 4) is 9.88 Å². The van der Waals surface area contributed by atoms with E-state index in [0.29, 0.717) is 11.4 Å². The molecule has 5 nitrogen and oxygen atoms in total. The van der Waals surface area contributed by atoms with Crippen LogP contribution in [-0.4, -0.2) is 25.1 Å². The van der Waals surface area contributed by atoms with Gasteiger partial charge in [0.15, 0.2) is 0 Å². The summed E-state index contributed by atoms with van der Waals surface area (Å²) < 4.78 is 47.7. The monoisotopic (exact) mass is 414 g/mol. The van der Waals surface area contributed by atoms with Crippen molar-refractivity contribution in [2.75, 3.05) is 5.32 Å². The molecule has 26 heavy (non-hydrogen) atoms. The SMILES string of the molecule is O=C(Cc1csc(-c2cccs2)n1)Nc1ccc(S(=O)(=O)C(F)F)cc1. The number of aromatic nitrogens is 1. The summed E-state index contributed by atoms with van der Waals surface area (Å²) in [7, 11) is -4.64. The Morgan fingerprint density at radius 2 is 1.88 bits per heavy atom. The zero-order chi connectivity index (χ0) is 18.7. The Labute approximate surface area is 156 Å². The molecule has 0 aliphatic heterocycles. The van der Waals surface area contributed by atoms with Gasteiger partial charge in [0.25, 0.3) is 0 Å². The summed E-state index contributed by atoms with van der Waals surface area (Å²) >= 11 is 3.01. The van der Waals surface area contributed by atoms with E-state index in [1.807, 2.05) is 17.5 Å². The van der Waals surface area contributed by atoms with Gasteiger partial charge in [-0.05, 0) is 35.7 Å². The molecule has 0 aliphatic rings. The molecule has 3 rings (SSSR count). The van der Waals surface area contributed by atoms with E-state index in [4.69, 9.17) is 0 Å². The second-order valence-electron chi connectivity index (χ2n) is 5.18. The first-order chi connectivity index (χ1) is 12.4. The number of thiazole rings is 1. The first-order valence-corrected chi connectivity index (χ1v) is 10.6. The zero-order valence-corrected chi connectivity index (χ0v) is 15.5. The van der Waals surface area contributed by atoms with Crippen LogP contribution in [0.2, 0.25) is 0 Å². The lowest BCUT2D eigenvalue weighted by Crippen LogP contribution is -2.15. The van der Waals surface area contributed by atoms with E-state index in [0.717, 1.165) is 22.0 Å². The average molecular weight is 414 g/mol. The number of benzene rings is 1. The molecule has 10 heteroatoms. The first kappa shape index (κ1) is 18.6. The number of sulfone groups is 1. The maximum absolute atomic E-state index is 12.5. The van der Waals surface area contributed by atoms with E-state index in [2.05, 4.69) is 10.3 Å². The number of nitrogens with one attached hydrogen (secondary N) is 1. The molecule has 1 N–H and O–H groups in total. The number of hydrogen-bond acceptors (Lipinski definition) is 6. The minimum absolute atomic E-state index is 0.0545. The summed E-state index contributed by atoms with van der Waals surface area (Å²) in [5.74, 6) is -3.82. The zero-order valence-electron chi connectivity index (χ0n) is 13.1. The van der Waals surface area contributed by atoms with Gasteiger partial charge in [0.1, 0.15) is 5.01 Å². The van der Waals surface area contributed by atoms with Crippen molar-refractivity contribution in [1.82, 2.24) is 4.98 Å². The minimum Gasteiger partial charge on any atom is -0.326 e. The highest BCUT2D eigenvalue weighted by Gasteiger charge is 2.26. The van der Waals surface area contributed by atoms with Gasteiger partial charge in [0.2, 0.25) is 15.7 Å². The number of hydrogen-bond donors (Lipinski definition) is 1. The van der Waals surface area contributed by atoms with Crippen LogP contribution in [0.25, 0.3) is 9.88 Å². The lowest BCUT2D eigenvalue weighted by Gasteiger charge is -2.06. The van der Waals surface area contributed by atoms with Gasteiger partial charge in [-0.3, -0.25) is 4.79 Å². The predicted molar refractivity (Wildman–Crippen MR) is 97.4 cm³/mol. The third-order valence-electron chi connectivity index (χ3n) is 3.33. The summed E-state index contributed by atoms with van der Waals surface area (Å²) in [6.45, 7) is 0. The van der Waals surface area contributed by atoms with Gasteiger partial charge in [-0.15, -0.1) is 22.7 Å². The van der Waals surface area contributed by atoms with Crippen LogP contribution in [0.3, 0.4) is 0 Å². The number of alkyl halides is 2. The second kappa shape index (κ2) is 7.60. The lowest BCUT2D eigenvalue weighted by atomic mass is 10.3. The lowest BCUT2D eigenvalue weighted by molar-refractivity contribution is -0.115. The fourth-order valence-electron chi connectivity index (χ4n) is 2.10. The second-order valence-corrected chi connectivity index (χ2v) is 8.90. The third-order valence-corrected chi connectivity index (χ3v) is 6.66. The van der Waals surface area contributed by atoms with E-state index in [-0.39, 0.29) is 12.3 Å². The van der Waals surface area contributed by atoms with Crippen LogP contribution >= 0.6 is 22.7 Å². The number of carbonyl (C=O) groups is 1. The van der Waals surface area contributed by atoms with E-state index >= 15 is 0 Å². The summed E-state index contributed by atoms with van der Waals surface area (Å²) in [6.07, 6.45) is 0.0545. The van der Waals surface area contributed by atoms with Gasteiger partial charge >= 0.3 is 5.76 Å². The van der Waals surface area contributed by atoms with Crippen molar-refractivity contribution in [2.45, 2.75) is 17.1 Å². The molecule has 0 fully saturated rings. The Balaban J connectivity index is 1.63. The van der Waals surface area contributed by atoms with E-state index in [1.54, 1.807) is 16.7 Å². The molecule has 0 atom stereocenters. The number of amides is 1. The highest BCUT2D eigenvalue weighted by atomic mass is 32.2. The molecule has 0 unspecified atom stereocenters. The molecule has 0 aliphatic carbocycles. The predicted octanol–water partition coefficient (Wildman–Crippen LogP) is 4.05. The van der Waals surface area contributed by atoms with Crippen LogP contribution < -0.4 is 5.32 Å². The molecule has 0 spiro atoms. The molecular formula is C16H12F2N2O3S3. The van der Waals surface area contributed by atoms with Crippen molar-refractivity contribution in [1.29, 1.82) is 0 Å². The van der Waals surface area contributed by atoms with Crippen molar-refractivity contribution < 1.29 is 22.0 Å². The summed E-state index contributed by atoms with van der Waals surface area (Å²) in [5, 5.41) is 7.17. The first-order valence-electron chi connectivity index (χ1n) is 7.26. The van der Waals surface area contributed by atoms with Gasteiger partial charge in [-0.1, -0.05) is 6.07 Å². The highest BCUT2D eigenvalue weighted by molar-refractivity contribution is 7.91. The quantitative estimate of drug-likeness (QED) is 0.660. The van der Waals surface area contributed by atoms with E-state index in [9.17, 15) is 22.0 Å². The third kappa shape index (κ3) is 4.14. The molecule has 1 aromatic carbocycles. The van der Waals surface area contributed by atoms with Gasteiger partial charge < -0.3 is 5.32 Å². The summed E-state index contributed by atoms with van der Waals surface area (Å²) in [6, 6.07) is 8.48. The molecule has 2 heterocycles. The van der Waals surface area contributed by atoms with Gasteiger partial charge in [0.05, 0.1) is 21.9 Å². The standard InChI is InChI=1S/C16H12F2N2O3S3/c17-16(18)26(22,23)12-5-3-10(4-6-12)19-14(21)8-11-9-25-15(20-11)13-2-1-7-24-13/h1-7,9,16H,8H2,(H,19,21). The number of rotatable bonds is 6. The van der Waals surface area contributed by atoms with Gasteiger partial charge in [0, 0.05) is 11.1 Å². The fourth-order valence-corrected chi connectivity index (χ4v) is 4.46. The normalized spacial score (nSPS) is 11.7. The van der Waals surface area contributed by atoms with E-state index < -0.39 is 20.5 Å². The number of carbonyl (C=O) groups excluding carboxylic acids is 1. The van der Waals surface area contributed by atoms with Gasteiger partial charge in [-0.25, -0.2) is 13.4 Å². The largest absolute Gasteiger partial charge is 0.341 e. The smallest absolute Gasteiger partial charge is 0.326 e. The average Bonchev–Trinajstić information content (AvgIpc) is 3.26. The van der Waals surface area contributed by atoms with Crippen LogP contribution in [0.5, 0.6) is 0 Å². The highest BCUT2D eigenvalue weighted by Crippen LogP contribution is 2.28. The molecule has 0 bridgehead atoms. The Morgan fingerprint density at radius 1 is 1.15 bits per heavy atom. The molecule has 136 valence electrons. The van der Waals surface area contributed by atoms with Crippen LogP contribution in [0.15, 0.2) is 52.1 Å². The fraction of sp³-hybridized carbons (Fsp3) is 0.125. The molecule has 3 aromatic rings. The maximum Gasteiger partial charge on any atom is 0.341 e. The van der Waals surface area contributed by atoms with E-state index in [1.165, 1.54) is 23.5 Å². The van der Waals surface area contributed by atoms with Gasteiger partial charge in [-0.2, -0.15) is 8.78 Å². The molecule has 0 saturated heterocycles. The summed E-state index contributed by atoms with van der Waals surface area (Å²) in [5.41, 5.74) is 0.935. The van der Waals surface area contributed by atoms with Crippen molar-refractivity contribution in [3.63, 3.8) is 0 Å². The topological polar surface area (TPSA) is 76.1 Å². The molecule has 2 aromatic heterocycles. The number of thiophene rings is 1. The van der Waals surface area contributed by atoms with Crippen LogP contribution in [-0.2, 0) is 21.1 Å². The molecule has 1 amide bonds. The molecular weight excluding hydrogens is 402 g/mol. The van der Waals surface area contributed by atoms with Crippen molar-refractivity contribution >= 4 is 44.1 Å². The number of nitrogens with zero attached hydrogens (tertiary/aromatic N) is 1. The Hall–Kier alpha value is -2.17. The van der Waals surface area contributed by atoms with Crippen molar-refractivity contribution in [3.05, 3.63) is 52.9 Å². The van der Waals surface area contributed by atoms with Crippen LogP contribution in [0.4, 0.5) is 14.5 Å². The molecule has 0 saturated carbocycles. The number of halogens is 2. The Morgan fingerprint density at radius 3 is 2.50 bits per heavy atom. The minimum atomic E-state index is -4.64. The van der Waals surface area contributed by atoms with Crippen molar-refractivity contribution in [2.24, 2.45) is 0 Å².